The van der Waals surface area contributed by atoms with Gasteiger partial charge in [-0.3, -0.25) is 9.78 Å². The molecule has 14 heavy (non-hydrogen) atoms. The molecule has 1 amide bonds. The Morgan fingerprint density at radius 3 is 2.64 bits per heavy atom. The smallest absolute Gasteiger partial charge is 0.219 e. The molecule has 0 spiro atoms. The molecule has 0 N–H and O–H groups in total. The summed E-state index contributed by atoms with van der Waals surface area (Å²) >= 11 is 0. The van der Waals surface area contributed by atoms with Gasteiger partial charge in [0.1, 0.15) is 0 Å². The number of nitrogens with zero attached hydrogens (tertiary/aromatic N) is 2. The van der Waals surface area contributed by atoms with Crippen LogP contribution in [0.2, 0.25) is 0 Å². The number of hydrogen-bond acceptors (Lipinski definition) is 2. The Labute approximate surface area is 84.8 Å². The number of amides is 1. The van der Waals surface area contributed by atoms with Gasteiger partial charge >= 0.3 is 0 Å². The zero-order chi connectivity index (χ0) is 10.4. The summed E-state index contributed by atoms with van der Waals surface area (Å²) in [6.07, 6.45) is 5.59. The fourth-order valence-corrected chi connectivity index (χ4v) is 1.23. The van der Waals surface area contributed by atoms with Crippen molar-refractivity contribution >= 4 is 5.91 Å². The molecule has 0 saturated heterocycles. The van der Waals surface area contributed by atoms with E-state index in [4.69, 9.17) is 0 Å². The van der Waals surface area contributed by atoms with Gasteiger partial charge in [0, 0.05) is 32.9 Å². The van der Waals surface area contributed by atoms with Crippen molar-refractivity contribution in [2.75, 3.05) is 13.6 Å². The second-order valence-corrected chi connectivity index (χ2v) is 3.40. The average Bonchev–Trinajstić information content (AvgIpc) is 2.19. The van der Waals surface area contributed by atoms with Gasteiger partial charge in [0.15, 0.2) is 0 Å². The summed E-state index contributed by atoms with van der Waals surface area (Å²) < 4.78 is 0. The molecule has 0 aromatic carbocycles. The monoisotopic (exact) mass is 192 g/mol. The molecule has 0 aliphatic heterocycles. The number of aromatic nitrogens is 1. The van der Waals surface area contributed by atoms with Crippen molar-refractivity contribution in [3.8, 4) is 0 Å². The van der Waals surface area contributed by atoms with Crippen molar-refractivity contribution < 1.29 is 4.79 Å². The van der Waals surface area contributed by atoms with Gasteiger partial charge in [-0.15, -0.1) is 0 Å². The molecule has 0 radical (unpaired) electrons. The minimum absolute atomic E-state index is 0.125. The lowest BCUT2D eigenvalue weighted by atomic mass is 10.1. The van der Waals surface area contributed by atoms with Crippen LogP contribution in [-0.2, 0) is 11.2 Å². The SMILES string of the molecule is CC(=O)N(C)CCCc1ccncc1. The quantitative estimate of drug-likeness (QED) is 0.724. The molecule has 0 unspecified atom stereocenters. The van der Waals surface area contributed by atoms with E-state index in [2.05, 4.69) is 4.98 Å². The molecule has 3 nitrogen and oxygen atoms in total. The van der Waals surface area contributed by atoms with Crippen molar-refractivity contribution in [3.63, 3.8) is 0 Å². The number of hydrogen-bond donors (Lipinski definition) is 0. The molecule has 0 fully saturated rings. The number of carbonyl (C=O) groups excluding carboxylic acids is 1. The number of aryl methyl sites for hydroxylation is 1. The van der Waals surface area contributed by atoms with Gasteiger partial charge in [0.05, 0.1) is 0 Å². The molecular weight excluding hydrogens is 176 g/mol. The molecule has 0 bridgehead atoms. The molecule has 0 aliphatic carbocycles. The van der Waals surface area contributed by atoms with Crippen LogP contribution in [-0.4, -0.2) is 29.4 Å². The maximum absolute atomic E-state index is 10.9. The van der Waals surface area contributed by atoms with E-state index >= 15 is 0 Å². The number of carbonyl (C=O) groups is 1. The Bertz CT molecular complexity index is 285. The maximum atomic E-state index is 10.9. The van der Waals surface area contributed by atoms with E-state index in [1.807, 2.05) is 19.2 Å². The second-order valence-electron chi connectivity index (χ2n) is 3.40. The largest absolute Gasteiger partial charge is 0.346 e. The first-order valence-electron chi connectivity index (χ1n) is 4.81. The molecule has 76 valence electrons. The first-order chi connectivity index (χ1) is 6.70. The molecule has 1 heterocycles. The van der Waals surface area contributed by atoms with Crippen LogP contribution in [0.5, 0.6) is 0 Å². The third kappa shape index (κ3) is 3.56. The highest BCUT2D eigenvalue weighted by Crippen LogP contribution is 2.01. The molecular formula is C11H16N2O. The van der Waals surface area contributed by atoms with Gasteiger partial charge in [-0.2, -0.15) is 0 Å². The molecule has 3 heteroatoms. The van der Waals surface area contributed by atoms with E-state index in [9.17, 15) is 4.79 Å². The summed E-state index contributed by atoms with van der Waals surface area (Å²) in [5, 5.41) is 0. The van der Waals surface area contributed by atoms with Crippen LogP contribution in [0.25, 0.3) is 0 Å². The average molecular weight is 192 g/mol. The molecule has 0 aliphatic rings. The third-order valence-corrected chi connectivity index (χ3v) is 2.25. The molecule has 1 aromatic rings. The maximum Gasteiger partial charge on any atom is 0.219 e. The van der Waals surface area contributed by atoms with Crippen LogP contribution >= 0.6 is 0 Å². The fraction of sp³-hybridized carbons (Fsp3) is 0.455. The van der Waals surface area contributed by atoms with E-state index in [0.717, 1.165) is 19.4 Å². The lowest BCUT2D eigenvalue weighted by Gasteiger charge is -2.13. The fourth-order valence-electron chi connectivity index (χ4n) is 1.23. The lowest BCUT2D eigenvalue weighted by Crippen LogP contribution is -2.25. The van der Waals surface area contributed by atoms with Gasteiger partial charge in [-0.05, 0) is 30.5 Å². The normalized spacial score (nSPS) is 9.86. The predicted octanol–water partition coefficient (Wildman–Crippen LogP) is 1.49. The number of rotatable bonds is 4. The standard InChI is InChI=1S/C11H16N2O/c1-10(14)13(2)9-3-4-11-5-7-12-8-6-11/h5-8H,3-4,9H2,1-2H3. The van der Waals surface area contributed by atoms with Gasteiger partial charge in [-0.25, -0.2) is 0 Å². The summed E-state index contributed by atoms with van der Waals surface area (Å²) in [6, 6.07) is 4.02. The summed E-state index contributed by atoms with van der Waals surface area (Å²) in [4.78, 5) is 16.6. The Hall–Kier alpha value is -1.38. The van der Waals surface area contributed by atoms with Crippen molar-refractivity contribution in [1.29, 1.82) is 0 Å². The van der Waals surface area contributed by atoms with Crippen LogP contribution in [0, 0.1) is 0 Å². The lowest BCUT2D eigenvalue weighted by molar-refractivity contribution is -0.127. The van der Waals surface area contributed by atoms with Crippen molar-refractivity contribution in [1.82, 2.24) is 9.88 Å². The van der Waals surface area contributed by atoms with Crippen molar-refractivity contribution in [3.05, 3.63) is 30.1 Å². The highest BCUT2D eigenvalue weighted by atomic mass is 16.2. The predicted molar refractivity (Wildman–Crippen MR) is 55.9 cm³/mol. The highest BCUT2D eigenvalue weighted by Gasteiger charge is 2.00. The van der Waals surface area contributed by atoms with Crippen molar-refractivity contribution in [2.45, 2.75) is 19.8 Å². The Kier molecular flexibility index (Phi) is 4.11. The summed E-state index contributed by atoms with van der Waals surface area (Å²) in [6.45, 7) is 2.41. The molecule has 0 atom stereocenters. The van der Waals surface area contributed by atoms with Gasteiger partial charge in [-0.1, -0.05) is 0 Å². The summed E-state index contributed by atoms with van der Waals surface area (Å²) in [7, 11) is 1.83. The molecule has 1 aromatic heterocycles. The van der Waals surface area contributed by atoms with Gasteiger partial charge in [0.2, 0.25) is 5.91 Å². The first-order valence-corrected chi connectivity index (χ1v) is 4.81. The van der Waals surface area contributed by atoms with Crippen LogP contribution in [0.15, 0.2) is 24.5 Å². The van der Waals surface area contributed by atoms with E-state index < -0.39 is 0 Å². The Morgan fingerprint density at radius 2 is 2.07 bits per heavy atom. The minimum atomic E-state index is 0.125. The second kappa shape index (κ2) is 5.37. The summed E-state index contributed by atoms with van der Waals surface area (Å²) in [5.74, 6) is 0.125. The van der Waals surface area contributed by atoms with Crippen LogP contribution in [0.4, 0.5) is 0 Å². The molecule has 0 saturated carbocycles. The minimum Gasteiger partial charge on any atom is -0.346 e. The Balaban J connectivity index is 2.26. The van der Waals surface area contributed by atoms with Crippen LogP contribution in [0.3, 0.4) is 0 Å². The zero-order valence-electron chi connectivity index (χ0n) is 8.73. The summed E-state index contributed by atoms with van der Waals surface area (Å²) in [5.41, 5.74) is 1.27. The van der Waals surface area contributed by atoms with Crippen molar-refractivity contribution in [2.24, 2.45) is 0 Å². The van der Waals surface area contributed by atoms with Crippen LogP contribution < -0.4 is 0 Å². The van der Waals surface area contributed by atoms with E-state index in [1.165, 1.54) is 5.56 Å². The third-order valence-electron chi connectivity index (χ3n) is 2.25. The number of pyridine rings is 1. The zero-order valence-corrected chi connectivity index (χ0v) is 8.73. The highest BCUT2D eigenvalue weighted by molar-refractivity contribution is 5.72. The van der Waals surface area contributed by atoms with Gasteiger partial charge in [0.25, 0.3) is 0 Å². The van der Waals surface area contributed by atoms with Gasteiger partial charge < -0.3 is 4.90 Å². The first kappa shape index (κ1) is 10.7. The molecule has 1 rings (SSSR count). The topological polar surface area (TPSA) is 33.2 Å². The van der Waals surface area contributed by atoms with E-state index in [1.54, 1.807) is 24.2 Å². The van der Waals surface area contributed by atoms with E-state index in [-0.39, 0.29) is 5.91 Å². The van der Waals surface area contributed by atoms with E-state index in [0.29, 0.717) is 0 Å². The van der Waals surface area contributed by atoms with Crippen LogP contribution in [0.1, 0.15) is 18.9 Å². The Morgan fingerprint density at radius 1 is 1.43 bits per heavy atom.